The smallest absolute Gasteiger partial charge is 0.252 e. The first-order valence-corrected chi connectivity index (χ1v) is 13.3. The Labute approximate surface area is 213 Å². The Hall–Kier alpha value is -3.69. The molecule has 1 aliphatic rings. The van der Waals surface area contributed by atoms with Crippen molar-refractivity contribution in [3.05, 3.63) is 41.2 Å². The fourth-order valence-electron chi connectivity index (χ4n) is 4.46. The molecule has 0 radical (unpaired) electrons. The number of nitrogen functional groups attached to an aromatic ring is 1. The minimum atomic E-state index is -3.58. The van der Waals surface area contributed by atoms with E-state index >= 15 is 0 Å². The molecule has 2 aromatic heterocycles. The monoisotopic (exact) mass is 529 g/mol. The van der Waals surface area contributed by atoms with Crippen LogP contribution in [0, 0.1) is 11.3 Å². The van der Waals surface area contributed by atoms with Gasteiger partial charge in [0.1, 0.15) is 29.2 Å². The molecule has 188 valence electrons. The summed E-state index contributed by atoms with van der Waals surface area (Å²) in [5, 5.41) is 14.4. The normalized spacial score (nSPS) is 17.9. The number of hydrogen-bond donors (Lipinski definition) is 1. The molecule has 13 heteroatoms. The van der Waals surface area contributed by atoms with Crippen LogP contribution in [0.15, 0.2) is 30.6 Å². The van der Waals surface area contributed by atoms with Crippen molar-refractivity contribution in [2.75, 3.05) is 29.2 Å². The van der Waals surface area contributed by atoms with E-state index in [2.05, 4.69) is 16.2 Å². The molecule has 1 aromatic carbocycles. The molecule has 1 aliphatic heterocycles. The number of anilines is 2. The summed E-state index contributed by atoms with van der Waals surface area (Å²) in [5.74, 6) is -1.58. The van der Waals surface area contributed by atoms with Crippen molar-refractivity contribution < 1.29 is 18.0 Å². The van der Waals surface area contributed by atoms with Gasteiger partial charge in [-0.05, 0) is 39.0 Å². The van der Waals surface area contributed by atoms with Crippen LogP contribution < -0.4 is 10.6 Å². The van der Waals surface area contributed by atoms with Gasteiger partial charge in [0, 0.05) is 18.4 Å². The molecule has 4 rings (SSSR count). The van der Waals surface area contributed by atoms with Crippen LogP contribution in [0.1, 0.15) is 26.3 Å². The van der Waals surface area contributed by atoms with Gasteiger partial charge in [-0.3, -0.25) is 9.59 Å². The van der Waals surface area contributed by atoms with E-state index in [1.54, 1.807) is 45.0 Å². The van der Waals surface area contributed by atoms with E-state index in [0.717, 1.165) is 6.26 Å². The van der Waals surface area contributed by atoms with E-state index in [0.29, 0.717) is 27.5 Å². The van der Waals surface area contributed by atoms with Crippen LogP contribution in [0.25, 0.3) is 16.8 Å². The number of aromatic nitrogens is 3. The Morgan fingerprint density at radius 1 is 1.33 bits per heavy atom. The van der Waals surface area contributed by atoms with E-state index in [1.807, 2.05) is 0 Å². The third kappa shape index (κ3) is 4.25. The maximum absolute atomic E-state index is 13.7. The number of nitrogens with two attached hydrogens (primary N) is 1. The number of amides is 2. The van der Waals surface area contributed by atoms with Crippen molar-refractivity contribution in [1.29, 1.82) is 5.26 Å². The zero-order valence-corrected chi connectivity index (χ0v) is 21.6. The first-order valence-electron chi connectivity index (χ1n) is 10.9. The number of nitrogens with zero attached hydrogens (tertiary/aromatic N) is 6. The lowest BCUT2D eigenvalue weighted by molar-refractivity contribution is -0.146. The molecule has 0 unspecified atom stereocenters. The second-order valence-electron chi connectivity index (χ2n) is 9.28. The van der Waals surface area contributed by atoms with Gasteiger partial charge in [-0.2, -0.15) is 10.4 Å². The minimum absolute atomic E-state index is 0.0891. The Balaban J connectivity index is 1.80. The molecular weight excluding hydrogens is 506 g/mol. The molecule has 0 saturated carbocycles. The number of carbonyl (C=O) groups excluding carboxylic acids is 2. The number of halogens is 1. The maximum atomic E-state index is 13.7. The lowest BCUT2D eigenvalue weighted by atomic mass is 9.93. The molecule has 36 heavy (non-hydrogen) atoms. The minimum Gasteiger partial charge on any atom is -0.382 e. The zero-order valence-electron chi connectivity index (χ0n) is 20.1. The predicted octanol–water partition coefficient (Wildman–Crippen LogP) is 1.89. The van der Waals surface area contributed by atoms with Gasteiger partial charge in [-0.25, -0.2) is 17.9 Å². The van der Waals surface area contributed by atoms with E-state index in [4.69, 9.17) is 17.3 Å². The van der Waals surface area contributed by atoms with Crippen LogP contribution in [0.5, 0.6) is 0 Å². The van der Waals surface area contributed by atoms with E-state index in [9.17, 15) is 23.3 Å². The molecule has 2 amide bonds. The van der Waals surface area contributed by atoms with Gasteiger partial charge in [0.05, 0.1) is 28.0 Å². The van der Waals surface area contributed by atoms with Crippen LogP contribution >= 0.6 is 11.6 Å². The van der Waals surface area contributed by atoms with Crippen molar-refractivity contribution in [1.82, 2.24) is 19.5 Å². The number of hydrogen-bond acceptors (Lipinski definition) is 8. The maximum Gasteiger partial charge on any atom is 0.252 e. The topological polar surface area (TPSA) is 155 Å². The number of piperazine rings is 1. The van der Waals surface area contributed by atoms with Crippen LogP contribution in [-0.2, 0) is 19.4 Å². The van der Waals surface area contributed by atoms with E-state index < -0.39 is 39.0 Å². The number of carbonyl (C=O) groups is 2. The van der Waals surface area contributed by atoms with Crippen LogP contribution in [0.3, 0.4) is 0 Å². The SMILES string of the molecule is C[C@H]1CN(C(=O)CS(C)(=O)=O)C(C)(C)C(=O)N1c1cc(-c2cc(Cl)c3c(N)ncnn23)ccc1C#N. The largest absolute Gasteiger partial charge is 0.382 e. The quantitative estimate of drug-likeness (QED) is 0.537. The van der Waals surface area contributed by atoms with E-state index in [-0.39, 0.29) is 17.9 Å². The summed E-state index contributed by atoms with van der Waals surface area (Å²) >= 11 is 6.38. The lowest BCUT2D eigenvalue weighted by Gasteiger charge is -2.49. The van der Waals surface area contributed by atoms with Crippen molar-refractivity contribution in [2.24, 2.45) is 0 Å². The number of fused-ring (bicyclic) bond motifs is 1. The first kappa shape index (κ1) is 25.4. The summed E-state index contributed by atoms with van der Waals surface area (Å²) in [7, 11) is -3.58. The number of sulfone groups is 1. The average Bonchev–Trinajstić information content (AvgIpc) is 3.13. The lowest BCUT2D eigenvalue weighted by Crippen LogP contribution is -2.68. The van der Waals surface area contributed by atoms with Crippen molar-refractivity contribution in [2.45, 2.75) is 32.4 Å². The molecule has 1 fully saturated rings. The Bertz CT molecular complexity index is 1560. The molecule has 0 bridgehead atoms. The van der Waals surface area contributed by atoms with Gasteiger partial charge in [0.15, 0.2) is 15.7 Å². The summed E-state index contributed by atoms with van der Waals surface area (Å²) in [4.78, 5) is 33.2. The van der Waals surface area contributed by atoms with Crippen LogP contribution in [0.4, 0.5) is 11.5 Å². The molecule has 2 N–H and O–H groups in total. The summed E-state index contributed by atoms with van der Waals surface area (Å²) in [6, 6.07) is 8.25. The first-order chi connectivity index (χ1) is 16.8. The van der Waals surface area contributed by atoms with Gasteiger partial charge in [0.2, 0.25) is 5.91 Å². The molecule has 0 aliphatic carbocycles. The van der Waals surface area contributed by atoms with Crippen LogP contribution in [0.2, 0.25) is 5.02 Å². The highest BCUT2D eigenvalue weighted by atomic mass is 35.5. The Kier molecular flexibility index (Phi) is 6.18. The van der Waals surface area contributed by atoms with Crippen LogP contribution in [-0.4, -0.2) is 69.9 Å². The van der Waals surface area contributed by atoms with Gasteiger partial charge < -0.3 is 15.5 Å². The van der Waals surface area contributed by atoms with Crippen molar-refractivity contribution in [3.8, 4) is 17.3 Å². The molecule has 0 spiro atoms. The third-order valence-electron chi connectivity index (χ3n) is 6.20. The summed E-state index contributed by atoms with van der Waals surface area (Å²) in [5.41, 5.74) is 6.86. The predicted molar refractivity (Wildman–Crippen MR) is 135 cm³/mol. The number of nitriles is 1. The summed E-state index contributed by atoms with van der Waals surface area (Å²) in [6.07, 6.45) is 2.27. The van der Waals surface area contributed by atoms with E-state index in [1.165, 1.54) is 20.6 Å². The fraction of sp³-hybridized carbons (Fsp3) is 0.348. The van der Waals surface area contributed by atoms with Crippen molar-refractivity contribution in [3.63, 3.8) is 0 Å². The molecule has 3 heterocycles. The molecule has 1 atom stereocenters. The molecule has 1 saturated heterocycles. The summed E-state index contributed by atoms with van der Waals surface area (Å²) < 4.78 is 25.0. The average molecular weight is 530 g/mol. The van der Waals surface area contributed by atoms with Crippen molar-refractivity contribution >= 4 is 50.3 Å². The number of rotatable bonds is 4. The highest BCUT2D eigenvalue weighted by molar-refractivity contribution is 7.91. The molecule has 11 nitrogen and oxygen atoms in total. The second kappa shape index (κ2) is 8.76. The van der Waals surface area contributed by atoms with Gasteiger partial charge >= 0.3 is 0 Å². The zero-order chi connectivity index (χ0) is 26.6. The van der Waals surface area contributed by atoms with Gasteiger partial charge in [-0.1, -0.05) is 17.7 Å². The summed E-state index contributed by atoms with van der Waals surface area (Å²) in [6.45, 7) is 4.94. The third-order valence-corrected chi connectivity index (χ3v) is 7.26. The highest BCUT2D eigenvalue weighted by Gasteiger charge is 2.48. The number of benzene rings is 1. The molecule has 3 aromatic rings. The molecular formula is C23H24ClN7O4S. The fourth-order valence-corrected chi connectivity index (χ4v) is 5.34. The highest BCUT2D eigenvalue weighted by Crippen LogP contribution is 2.37. The van der Waals surface area contributed by atoms with Gasteiger partial charge in [-0.15, -0.1) is 0 Å². The standard InChI is InChI=1S/C23H24ClN7O4S/c1-13-10-29(19(32)11-36(4,34)35)23(2,3)22(33)30(13)17-7-14(5-6-15(17)9-25)18-8-16(24)20-21(26)27-12-28-31(18)20/h5-8,12-13H,10-11H2,1-4H3,(H2,26,27,28)/t13-/m0/s1. The Morgan fingerprint density at radius 3 is 2.67 bits per heavy atom. The second-order valence-corrected chi connectivity index (χ2v) is 11.8. The Morgan fingerprint density at radius 2 is 2.03 bits per heavy atom. The van der Waals surface area contributed by atoms with Gasteiger partial charge in [0.25, 0.3) is 5.91 Å².